The first-order chi connectivity index (χ1) is 9.95. The molecule has 0 saturated heterocycles. The van der Waals surface area contributed by atoms with Crippen molar-refractivity contribution >= 4 is 39.1 Å². The quantitative estimate of drug-likeness (QED) is 0.840. The van der Waals surface area contributed by atoms with Crippen LogP contribution in [0.4, 0.5) is 5.69 Å². The van der Waals surface area contributed by atoms with E-state index in [4.69, 9.17) is 16.3 Å². The molecule has 0 radical (unpaired) electrons. The summed E-state index contributed by atoms with van der Waals surface area (Å²) < 4.78 is 6.55. The number of halogens is 2. The zero-order valence-electron chi connectivity index (χ0n) is 11.7. The first-order valence-electron chi connectivity index (χ1n) is 6.45. The number of carbonyl (C=O) groups excluding carboxylic acids is 1. The van der Waals surface area contributed by atoms with E-state index in [9.17, 15) is 4.79 Å². The first kappa shape index (κ1) is 15.9. The number of ether oxygens (including phenoxy) is 1. The lowest BCUT2D eigenvalue weighted by molar-refractivity contribution is -0.122. The van der Waals surface area contributed by atoms with Crippen LogP contribution >= 0.6 is 27.5 Å². The van der Waals surface area contributed by atoms with Crippen molar-refractivity contribution in [2.24, 2.45) is 0 Å². The van der Waals surface area contributed by atoms with E-state index in [-0.39, 0.29) is 5.91 Å². The highest BCUT2D eigenvalue weighted by Crippen LogP contribution is 2.21. The summed E-state index contributed by atoms with van der Waals surface area (Å²) in [5.74, 6) is 0.417. The van der Waals surface area contributed by atoms with Crippen LogP contribution in [0.25, 0.3) is 0 Å². The number of hydrogen-bond acceptors (Lipinski definition) is 2. The average Bonchev–Trinajstić information content (AvgIpc) is 2.45. The lowest BCUT2D eigenvalue weighted by Crippen LogP contribution is -2.30. The van der Waals surface area contributed by atoms with Crippen molar-refractivity contribution in [3.63, 3.8) is 0 Å². The van der Waals surface area contributed by atoms with E-state index in [2.05, 4.69) is 21.2 Å². The van der Waals surface area contributed by atoms with Crippen molar-refractivity contribution in [2.75, 3.05) is 5.32 Å². The molecule has 0 aliphatic rings. The summed E-state index contributed by atoms with van der Waals surface area (Å²) in [5.41, 5.74) is 1.62. The minimum absolute atomic E-state index is 0.224. The Kier molecular flexibility index (Phi) is 5.26. The Balaban J connectivity index is 1.98. The largest absolute Gasteiger partial charge is 0.481 e. The SMILES string of the molecule is Cc1ccc(NC(=O)[C@@H](C)Oc2ccc(Br)cc2)cc1Cl. The van der Waals surface area contributed by atoms with Crippen LogP contribution in [0.1, 0.15) is 12.5 Å². The predicted octanol–water partition coefficient (Wildman–Crippen LogP) is 4.82. The highest BCUT2D eigenvalue weighted by molar-refractivity contribution is 9.10. The van der Waals surface area contributed by atoms with E-state index >= 15 is 0 Å². The maximum atomic E-state index is 12.1. The lowest BCUT2D eigenvalue weighted by Gasteiger charge is -2.15. The van der Waals surface area contributed by atoms with E-state index in [1.807, 2.05) is 31.2 Å². The monoisotopic (exact) mass is 367 g/mol. The van der Waals surface area contributed by atoms with Gasteiger partial charge < -0.3 is 10.1 Å². The molecule has 0 unspecified atom stereocenters. The van der Waals surface area contributed by atoms with Crippen molar-refractivity contribution in [2.45, 2.75) is 20.0 Å². The molecule has 1 atom stereocenters. The molecule has 0 spiro atoms. The Morgan fingerprint density at radius 3 is 2.52 bits per heavy atom. The third-order valence-corrected chi connectivity index (χ3v) is 3.87. The molecule has 2 aromatic rings. The molecule has 21 heavy (non-hydrogen) atoms. The van der Waals surface area contributed by atoms with E-state index in [1.54, 1.807) is 25.1 Å². The Morgan fingerprint density at radius 1 is 1.24 bits per heavy atom. The second-order valence-corrected chi connectivity index (χ2v) is 5.99. The van der Waals surface area contributed by atoms with Crippen molar-refractivity contribution in [3.05, 3.63) is 57.5 Å². The van der Waals surface area contributed by atoms with Crippen LogP contribution in [0.2, 0.25) is 5.02 Å². The van der Waals surface area contributed by atoms with E-state index in [0.29, 0.717) is 16.5 Å². The van der Waals surface area contributed by atoms with Gasteiger partial charge in [-0.3, -0.25) is 4.79 Å². The van der Waals surface area contributed by atoms with Gasteiger partial charge in [0, 0.05) is 15.2 Å². The van der Waals surface area contributed by atoms with Gasteiger partial charge in [-0.05, 0) is 55.8 Å². The van der Waals surface area contributed by atoms with Crippen LogP contribution in [0.15, 0.2) is 46.9 Å². The number of anilines is 1. The topological polar surface area (TPSA) is 38.3 Å². The lowest BCUT2D eigenvalue weighted by atomic mass is 10.2. The highest BCUT2D eigenvalue weighted by Gasteiger charge is 2.15. The summed E-state index contributed by atoms with van der Waals surface area (Å²) in [5, 5.41) is 3.40. The molecule has 0 aromatic heterocycles. The molecule has 0 aliphatic heterocycles. The average molecular weight is 369 g/mol. The summed E-state index contributed by atoms with van der Waals surface area (Å²) in [6.07, 6.45) is -0.605. The van der Waals surface area contributed by atoms with Crippen molar-refractivity contribution in [1.29, 1.82) is 0 Å². The predicted molar refractivity (Wildman–Crippen MR) is 89.1 cm³/mol. The fourth-order valence-electron chi connectivity index (χ4n) is 1.69. The van der Waals surface area contributed by atoms with Crippen LogP contribution in [-0.2, 0) is 4.79 Å². The number of benzene rings is 2. The summed E-state index contributed by atoms with van der Waals surface area (Å²) >= 11 is 9.38. The minimum Gasteiger partial charge on any atom is -0.481 e. The van der Waals surface area contributed by atoms with Gasteiger partial charge in [-0.15, -0.1) is 0 Å². The molecule has 0 saturated carbocycles. The number of rotatable bonds is 4. The minimum atomic E-state index is -0.605. The number of carbonyl (C=O) groups is 1. The van der Waals surface area contributed by atoms with Crippen LogP contribution in [0.5, 0.6) is 5.75 Å². The van der Waals surface area contributed by atoms with Gasteiger partial charge in [0.1, 0.15) is 5.75 Å². The molecule has 1 N–H and O–H groups in total. The second-order valence-electron chi connectivity index (χ2n) is 4.67. The second kappa shape index (κ2) is 6.96. The fourth-order valence-corrected chi connectivity index (χ4v) is 2.13. The van der Waals surface area contributed by atoms with Gasteiger partial charge in [-0.2, -0.15) is 0 Å². The van der Waals surface area contributed by atoms with Crippen molar-refractivity contribution in [3.8, 4) is 5.75 Å². The normalized spacial score (nSPS) is 11.8. The van der Waals surface area contributed by atoms with Gasteiger partial charge in [0.25, 0.3) is 5.91 Å². The molecule has 5 heteroatoms. The molecule has 2 rings (SSSR count). The molecular weight excluding hydrogens is 354 g/mol. The van der Waals surface area contributed by atoms with Crippen LogP contribution in [0.3, 0.4) is 0 Å². The Hall–Kier alpha value is -1.52. The van der Waals surface area contributed by atoms with Crippen LogP contribution in [-0.4, -0.2) is 12.0 Å². The van der Waals surface area contributed by atoms with Gasteiger partial charge >= 0.3 is 0 Å². The first-order valence-corrected chi connectivity index (χ1v) is 7.62. The molecular formula is C16H15BrClNO2. The highest BCUT2D eigenvalue weighted by atomic mass is 79.9. The zero-order valence-corrected chi connectivity index (χ0v) is 14.0. The molecule has 3 nitrogen and oxygen atoms in total. The van der Waals surface area contributed by atoms with Gasteiger partial charge in [0.15, 0.2) is 6.10 Å². The summed E-state index contributed by atoms with van der Waals surface area (Å²) in [6, 6.07) is 12.7. The third-order valence-electron chi connectivity index (χ3n) is 2.94. The summed E-state index contributed by atoms with van der Waals surface area (Å²) in [6.45, 7) is 3.61. The molecule has 0 heterocycles. The number of nitrogens with one attached hydrogen (secondary N) is 1. The number of hydrogen-bond donors (Lipinski definition) is 1. The smallest absolute Gasteiger partial charge is 0.265 e. The Labute approximate surface area is 137 Å². The molecule has 1 amide bonds. The van der Waals surface area contributed by atoms with Gasteiger partial charge in [-0.1, -0.05) is 33.6 Å². The maximum Gasteiger partial charge on any atom is 0.265 e. The molecule has 0 fully saturated rings. The maximum absolute atomic E-state index is 12.1. The van der Waals surface area contributed by atoms with Gasteiger partial charge in [-0.25, -0.2) is 0 Å². The molecule has 2 aromatic carbocycles. The Bertz CT molecular complexity index is 643. The molecule has 0 bridgehead atoms. The van der Waals surface area contributed by atoms with Crippen LogP contribution in [0, 0.1) is 6.92 Å². The summed E-state index contributed by atoms with van der Waals surface area (Å²) in [7, 11) is 0. The van der Waals surface area contributed by atoms with E-state index in [1.165, 1.54) is 0 Å². The van der Waals surface area contributed by atoms with E-state index < -0.39 is 6.10 Å². The Morgan fingerprint density at radius 2 is 1.90 bits per heavy atom. The molecule has 110 valence electrons. The standard InChI is InChI=1S/C16H15BrClNO2/c1-10-3-6-13(9-15(10)18)19-16(20)11(2)21-14-7-4-12(17)5-8-14/h3-9,11H,1-2H3,(H,19,20)/t11-/m1/s1. The number of amides is 1. The van der Waals surface area contributed by atoms with Gasteiger partial charge in [0.05, 0.1) is 0 Å². The van der Waals surface area contributed by atoms with E-state index in [0.717, 1.165) is 10.0 Å². The zero-order chi connectivity index (χ0) is 15.4. The summed E-state index contributed by atoms with van der Waals surface area (Å²) in [4.78, 5) is 12.1. The fraction of sp³-hybridized carbons (Fsp3) is 0.188. The van der Waals surface area contributed by atoms with Gasteiger partial charge in [0.2, 0.25) is 0 Å². The van der Waals surface area contributed by atoms with Crippen molar-refractivity contribution in [1.82, 2.24) is 0 Å². The molecule has 0 aliphatic carbocycles. The third kappa shape index (κ3) is 4.48. The number of aryl methyl sites for hydroxylation is 1. The van der Waals surface area contributed by atoms with Crippen LogP contribution < -0.4 is 10.1 Å². The van der Waals surface area contributed by atoms with Crippen molar-refractivity contribution < 1.29 is 9.53 Å².